The summed E-state index contributed by atoms with van der Waals surface area (Å²) in [7, 11) is 0. The van der Waals surface area contributed by atoms with Crippen LogP contribution in [0.4, 0.5) is 5.00 Å². The van der Waals surface area contributed by atoms with Crippen LogP contribution in [0.25, 0.3) is 0 Å². The first-order valence-corrected chi connectivity index (χ1v) is 9.22. The van der Waals surface area contributed by atoms with Crippen molar-refractivity contribution in [3.8, 4) is 6.07 Å². The molecule has 0 bridgehead atoms. The van der Waals surface area contributed by atoms with Crippen molar-refractivity contribution in [3.05, 3.63) is 16.0 Å². The molecule has 1 aliphatic carbocycles. The number of hydrogen-bond donors (Lipinski definition) is 2. The molecule has 4 N–H and O–H groups in total. The minimum atomic E-state index is 0.0818. The number of aryl methyl sites for hydroxylation is 1. The van der Waals surface area contributed by atoms with Crippen molar-refractivity contribution in [2.75, 3.05) is 5.73 Å². The van der Waals surface area contributed by atoms with E-state index in [1.807, 2.05) is 0 Å². The van der Waals surface area contributed by atoms with Gasteiger partial charge in [0, 0.05) is 10.9 Å². The number of nitrogen functional groups attached to an aromatic ring is 1. The molecule has 3 atom stereocenters. The summed E-state index contributed by atoms with van der Waals surface area (Å²) in [6.07, 6.45) is 5.67. The van der Waals surface area contributed by atoms with Crippen LogP contribution in [-0.2, 0) is 6.42 Å². The zero-order valence-electron chi connectivity index (χ0n) is 14.3. The van der Waals surface area contributed by atoms with E-state index in [-0.39, 0.29) is 11.5 Å². The van der Waals surface area contributed by atoms with Crippen LogP contribution in [0.3, 0.4) is 0 Å². The van der Waals surface area contributed by atoms with Gasteiger partial charge in [-0.1, -0.05) is 27.2 Å². The summed E-state index contributed by atoms with van der Waals surface area (Å²) < 4.78 is 0. The zero-order valence-corrected chi connectivity index (χ0v) is 15.1. The Morgan fingerprint density at radius 2 is 2.14 bits per heavy atom. The first-order chi connectivity index (χ1) is 10.3. The van der Waals surface area contributed by atoms with Crippen molar-refractivity contribution in [1.82, 2.24) is 0 Å². The minimum absolute atomic E-state index is 0.0818. The van der Waals surface area contributed by atoms with Crippen LogP contribution < -0.4 is 11.5 Å². The highest BCUT2D eigenvalue weighted by Gasteiger charge is 2.43. The van der Waals surface area contributed by atoms with Crippen LogP contribution in [0.15, 0.2) is 0 Å². The quantitative estimate of drug-likeness (QED) is 0.844. The summed E-state index contributed by atoms with van der Waals surface area (Å²) in [6, 6.07) is 2.53. The maximum Gasteiger partial charge on any atom is 0.104 e. The molecule has 1 aromatic heterocycles. The summed E-state index contributed by atoms with van der Waals surface area (Å²) in [5.74, 6) is 0.850. The topological polar surface area (TPSA) is 75.8 Å². The molecule has 0 fully saturated rings. The average Bonchev–Trinajstić information content (AvgIpc) is 2.78. The fraction of sp³-hybridized carbons (Fsp3) is 0.722. The van der Waals surface area contributed by atoms with Crippen LogP contribution in [-0.4, -0.2) is 6.04 Å². The number of nitrogens with two attached hydrogens (primary N) is 2. The summed E-state index contributed by atoms with van der Waals surface area (Å²) in [4.78, 5) is 1.33. The van der Waals surface area contributed by atoms with Crippen LogP contribution in [0, 0.1) is 22.7 Å². The maximum absolute atomic E-state index is 9.55. The number of anilines is 1. The van der Waals surface area contributed by atoms with Gasteiger partial charge in [0.15, 0.2) is 0 Å². The van der Waals surface area contributed by atoms with E-state index in [1.165, 1.54) is 16.9 Å². The Bertz CT molecular complexity index is 566. The van der Waals surface area contributed by atoms with E-state index >= 15 is 0 Å². The van der Waals surface area contributed by atoms with E-state index in [2.05, 4.69) is 33.8 Å². The van der Waals surface area contributed by atoms with Crippen molar-refractivity contribution in [2.45, 2.75) is 71.8 Å². The van der Waals surface area contributed by atoms with Gasteiger partial charge in [0.05, 0.1) is 5.56 Å². The molecule has 3 nitrogen and oxygen atoms in total. The van der Waals surface area contributed by atoms with Crippen LogP contribution in [0.1, 0.15) is 75.3 Å². The Kier molecular flexibility index (Phi) is 5.19. The third-order valence-corrected chi connectivity index (χ3v) is 6.59. The Morgan fingerprint density at radius 3 is 2.68 bits per heavy atom. The molecule has 0 aliphatic heterocycles. The second-order valence-corrected chi connectivity index (χ2v) is 8.45. The van der Waals surface area contributed by atoms with Crippen LogP contribution in [0.2, 0.25) is 0 Å². The van der Waals surface area contributed by atoms with Gasteiger partial charge in [0.1, 0.15) is 11.1 Å². The van der Waals surface area contributed by atoms with Gasteiger partial charge in [-0.15, -0.1) is 11.3 Å². The van der Waals surface area contributed by atoms with Gasteiger partial charge in [0.2, 0.25) is 0 Å². The third kappa shape index (κ3) is 2.89. The first-order valence-electron chi connectivity index (χ1n) is 8.41. The molecule has 0 saturated carbocycles. The standard InChI is InChI=1S/C18H29N3S/c1-5-7-13(11(2)20)18(3,4)14-8-6-9-15-16(14)12(10-19)17(21)22-15/h11,13-14H,5-9,20-21H2,1-4H3. The maximum atomic E-state index is 9.55. The molecule has 4 heteroatoms. The normalized spacial score (nSPS) is 21.0. The van der Waals surface area contributed by atoms with E-state index < -0.39 is 0 Å². The number of fused-ring (bicyclic) bond motifs is 1. The van der Waals surface area contributed by atoms with Crippen LogP contribution in [0.5, 0.6) is 0 Å². The Labute approximate surface area is 138 Å². The molecule has 0 radical (unpaired) electrons. The molecule has 2 rings (SSSR count). The van der Waals surface area contributed by atoms with Gasteiger partial charge in [-0.05, 0) is 55.4 Å². The van der Waals surface area contributed by atoms with E-state index in [4.69, 9.17) is 11.5 Å². The Morgan fingerprint density at radius 1 is 1.45 bits per heavy atom. The lowest BCUT2D eigenvalue weighted by atomic mass is 9.60. The highest BCUT2D eigenvalue weighted by Crippen LogP contribution is 2.53. The smallest absolute Gasteiger partial charge is 0.104 e. The Hall–Kier alpha value is -1.05. The number of rotatable bonds is 5. The minimum Gasteiger partial charge on any atom is -0.389 e. The summed E-state index contributed by atoms with van der Waals surface area (Å²) >= 11 is 1.62. The molecular formula is C18H29N3S. The number of nitriles is 1. The lowest BCUT2D eigenvalue weighted by Crippen LogP contribution is -2.42. The third-order valence-electron chi connectivity index (χ3n) is 5.49. The van der Waals surface area contributed by atoms with Crippen molar-refractivity contribution >= 4 is 16.3 Å². The molecule has 0 aromatic carbocycles. The van der Waals surface area contributed by atoms with E-state index in [9.17, 15) is 5.26 Å². The molecule has 1 heterocycles. The largest absolute Gasteiger partial charge is 0.389 e. The molecular weight excluding hydrogens is 290 g/mol. The lowest BCUT2D eigenvalue weighted by Gasteiger charge is -2.45. The summed E-state index contributed by atoms with van der Waals surface area (Å²) in [5.41, 5.74) is 14.5. The lowest BCUT2D eigenvalue weighted by molar-refractivity contribution is 0.121. The fourth-order valence-electron chi connectivity index (χ4n) is 4.42. The van der Waals surface area contributed by atoms with Crippen LogP contribution >= 0.6 is 11.3 Å². The van der Waals surface area contributed by atoms with Gasteiger partial charge in [0.25, 0.3) is 0 Å². The highest BCUT2D eigenvalue weighted by molar-refractivity contribution is 7.16. The molecule has 0 amide bonds. The molecule has 0 spiro atoms. The summed E-state index contributed by atoms with van der Waals surface area (Å²) in [5, 5.41) is 10.2. The molecule has 1 aliphatic rings. The molecule has 1 aromatic rings. The van der Waals surface area contributed by atoms with Gasteiger partial charge >= 0.3 is 0 Å². The second kappa shape index (κ2) is 6.60. The van der Waals surface area contributed by atoms with Gasteiger partial charge in [-0.25, -0.2) is 0 Å². The first kappa shape index (κ1) is 17.3. The second-order valence-electron chi connectivity index (χ2n) is 7.31. The molecule has 122 valence electrons. The van der Waals surface area contributed by atoms with Crippen molar-refractivity contribution < 1.29 is 0 Å². The number of nitrogens with zero attached hydrogens (tertiary/aromatic N) is 1. The van der Waals surface area contributed by atoms with Gasteiger partial charge in [-0.3, -0.25) is 0 Å². The van der Waals surface area contributed by atoms with Crippen molar-refractivity contribution in [2.24, 2.45) is 17.1 Å². The number of thiophene rings is 1. The summed E-state index contributed by atoms with van der Waals surface area (Å²) in [6.45, 7) is 9.02. The monoisotopic (exact) mass is 319 g/mol. The SMILES string of the molecule is CCCC(C(C)N)C(C)(C)C1CCCc2sc(N)c(C#N)c21. The predicted molar refractivity (Wildman–Crippen MR) is 95.0 cm³/mol. The van der Waals surface area contributed by atoms with E-state index in [0.29, 0.717) is 16.8 Å². The van der Waals surface area contributed by atoms with Gasteiger partial charge < -0.3 is 11.5 Å². The van der Waals surface area contributed by atoms with E-state index in [0.717, 1.165) is 31.2 Å². The molecule has 0 saturated heterocycles. The number of hydrogen-bond acceptors (Lipinski definition) is 4. The Balaban J connectivity index is 2.48. The fourth-order valence-corrected chi connectivity index (χ4v) is 5.54. The average molecular weight is 320 g/mol. The van der Waals surface area contributed by atoms with Gasteiger partial charge in [-0.2, -0.15) is 5.26 Å². The highest BCUT2D eigenvalue weighted by atomic mass is 32.1. The van der Waals surface area contributed by atoms with Crippen molar-refractivity contribution in [3.63, 3.8) is 0 Å². The molecule has 22 heavy (non-hydrogen) atoms. The predicted octanol–water partition coefficient (Wildman–Crippen LogP) is 4.41. The van der Waals surface area contributed by atoms with Crippen molar-refractivity contribution in [1.29, 1.82) is 5.26 Å². The van der Waals surface area contributed by atoms with E-state index in [1.54, 1.807) is 11.3 Å². The zero-order chi connectivity index (χ0) is 16.5. The molecule has 3 unspecified atom stereocenters.